The number of nitrogens with two attached hydrogens (primary N) is 1. The second-order valence-corrected chi connectivity index (χ2v) is 4.69. The van der Waals surface area contributed by atoms with Crippen LogP contribution in [0.15, 0.2) is 0 Å². The molecule has 0 aliphatic carbocycles. The Labute approximate surface area is 90.8 Å². The summed E-state index contributed by atoms with van der Waals surface area (Å²) in [6, 6.07) is 0.861. The molecule has 0 aromatic heterocycles. The molecule has 4 nitrogen and oxygen atoms in total. The molecule has 2 N–H and O–H groups in total. The van der Waals surface area contributed by atoms with Gasteiger partial charge in [0.2, 0.25) is 5.91 Å². The summed E-state index contributed by atoms with van der Waals surface area (Å²) in [5.74, 6) is 0.773. The van der Waals surface area contributed by atoms with E-state index >= 15 is 0 Å². The van der Waals surface area contributed by atoms with E-state index in [-0.39, 0.29) is 12.5 Å². The van der Waals surface area contributed by atoms with Crippen molar-refractivity contribution in [2.75, 3.05) is 20.3 Å². The summed E-state index contributed by atoms with van der Waals surface area (Å²) < 4.78 is 4.92. The van der Waals surface area contributed by atoms with Crippen LogP contribution in [0.1, 0.15) is 25.7 Å². The molecule has 0 saturated carbocycles. The first-order valence-electron chi connectivity index (χ1n) is 5.76. The van der Waals surface area contributed by atoms with Crippen LogP contribution in [0.25, 0.3) is 0 Å². The predicted octanol–water partition coefficient (Wildman–Crippen LogP) is 0.361. The number of rotatable bonds is 3. The number of piperidine rings is 1. The Balaban J connectivity index is 2.01. The van der Waals surface area contributed by atoms with Crippen molar-refractivity contribution in [3.63, 3.8) is 0 Å². The van der Waals surface area contributed by atoms with Crippen LogP contribution >= 0.6 is 0 Å². The van der Waals surface area contributed by atoms with Gasteiger partial charge in [0.25, 0.3) is 0 Å². The lowest BCUT2D eigenvalue weighted by Gasteiger charge is -2.38. The smallest absolute Gasteiger partial charge is 0.249 e. The highest BCUT2D eigenvalue weighted by atomic mass is 16.5. The molecule has 2 saturated heterocycles. The average molecular weight is 212 g/mol. The fourth-order valence-electron chi connectivity index (χ4n) is 3.09. The van der Waals surface area contributed by atoms with Crippen LogP contribution in [-0.4, -0.2) is 43.2 Å². The zero-order chi connectivity index (χ0) is 10.8. The van der Waals surface area contributed by atoms with Crippen molar-refractivity contribution in [3.8, 4) is 0 Å². The number of carbonyl (C=O) groups excluding carboxylic acids is 1. The van der Waals surface area contributed by atoms with Crippen LogP contribution in [0.4, 0.5) is 0 Å². The third-order valence-corrected chi connectivity index (χ3v) is 3.72. The second-order valence-electron chi connectivity index (χ2n) is 4.69. The third-order valence-electron chi connectivity index (χ3n) is 3.72. The molecule has 0 spiro atoms. The van der Waals surface area contributed by atoms with E-state index in [1.54, 1.807) is 7.11 Å². The maximum absolute atomic E-state index is 11.8. The highest BCUT2D eigenvalue weighted by Crippen LogP contribution is 2.38. The number of hydrogen-bond donors (Lipinski definition) is 1. The monoisotopic (exact) mass is 212 g/mol. The molecule has 2 aliphatic heterocycles. The molecule has 15 heavy (non-hydrogen) atoms. The van der Waals surface area contributed by atoms with Crippen LogP contribution in [0.2, 0.25) is 0 Å². The van der Waals surface area contributed by atoms with Crippen LogP contribution in [0.5, 0.6) is 0 Å². The molecule has 2 atom stereocenters. The van der Waals surface area contributed by atoms with Crippen molar-refractivity contribution < 1.29 is 9.53 Å². The molecule has 0 aromatic carbocycles. The lowest BCUT2D eigenvalue weighted by Crippen LogP contribution is -2.48. The number of nitrogens with zero attached hydrogens (tertiary/aromatic N) is 1. The Morgan fingerprint density at radius 3 is 2.47 bits per heavy atom. The summed E-state index contributed by atoms with van der Waals surface area (Å²) in [6.07, 6.45) is 4.47. The van der Waals surface area contributed by atoms with Gasteiger partial charge in [-0.15, -0.1) is 0 Å². The minimum absolute atomic E-state index is 0.153. The van der Waals surface area contributed by atoms with Gasteiger partial charge in [0, 0.05) is 19.2 Å². The van der Waals surface area contributed by atoms with E-state index in [4.69, 9.17) is 10.5 Å². The van der Waals surface area contributed by atoms with Crippen molar-refractivity contribution in [3.05, 3.63) is 0 Å². The maximum atomic E-state index is 11.8. The summed E-state index contributed by atoms with van der Waals surface area (Å²) >= 11 is 0. The Morgan fingerprint density at radius 1 is 1.40 bits per heavy atom. The van der Waals surface area contributed by atoms with Crippen molar-refractivity contribution in [2.45, 2.75) is 37.8 Å². The molecule has 1 amide bonds. The number of fused-ring (bicyclic) bond motifs is 2. The van der Waals surface area contributed by atoms with E-state index in [0.717, 1.165) is 32.2 Å². The fraction of sp³-hybridized carbons (Fsp3) is 0.909. The second kappa shape index (κ2) is 4.49. The third kappa shape index (κ3) is 2.01. The quantitative estimate of drug-likeness (QED) is 0.735. The number of ether oxygens (including phenoxy) is 1. The summed E-state index contributed by atoms with van der Waals surface area (Å²) in [5.41, 5.74) is 5.71. The molecule has 2 rings (SSSR count). The predicted molar refractivity (Wildman–Crippen MR) is 57.3 cm³/mol. The molecule has 86 valence electrons. The number of methoxy groups -OCH3 is 1. The Morgan fingerprint density at radius 2 is 2.00 bits per heavy atom. The first kappa shape index (κ1) is 10.9. The molecular formula is C11H20N2O2. The molecule has 2 fully saturated rings. The zero-order valence-electron chi connectivity index (χ0n) is 9.32. The van der Waals surface area contributed by atoms with E-state index in [1.807, 2.05) is 0 Å². The summed E-state index contributed by atoms with van der Waals surface area (Å²) in [7, 11) is 1.58. The van der Waals surface area contributed by atoms with Crippen LogP contribution < -0.4 is 5.73 Å². The van der Waals surface area contributed by atoms with Crippen molar-refractivity contribution in [1.29, 1.82) is 0 Å². The highest BCUT2D eigenvalue weighted by Gasteiger charge is 2.42. The Bertz CT molecular complexity index is 231. The standard InChI is InChI=1S/C11H20N2O2/c1-15-7-11(14)13-9-2-3-10(13)5-8(4-9)6-12/h8-10H,2-7,12H2,1H3. The van der Waals surface area contributed by atoms with Gasteiger partial charge in [0.1, 0.15) is 6.61 Å². The Hall–Kier alpha value is -0.610. The molecule has 2 unspecified atom stereocenters. The van der Waals surface area contributed by atoms with E-state index in [0.29, 0.717) is 18.0 Å². The molecule has 0 aromatic rings. The van der Waals surface area contributed by atoms with Gasteiger partial charge in [0.15, 0.2) is 0 Å². The number of carbonyl (C=O) groups is 1. The molecule has 2 aliphatic rings. The summed E-state index contributed by atoms with van der Waals surface area (Å²) in [6.45, 7) is 0.986. The Kier molecular flexibility index (Phi) is 3.26. The van der Waals surface area contributed by atoms with Gasteiger partial charge in [-0.05, 0) is 38.1 Å². The van der Waals surface area contributed by atoms with E-state index in [2.05, 4.69) is 4.90 Å². The summed E-state index contributed by atoms with van der Waals surface area (Å²) in [4.78, 5) is 13.9. The molecule has 0 radical (unpaired) electrons. The lowest BCUT2D eigenvalue weighted by molar-refractivity contribution is -0.140. The van der Waals surface area contributed by atoms with Crippen LogP contribution in [0, 0.1) is 5.92 Å². The van der Waals surface area contributed by atoms with E-state index < -0.39 is 0 Å². The maximum Gasteiger partial charge on any atom is 0.249 e. The van der Waals surface area contributed by atoms with Crippen LogP contribution in [0.3, 0.4) is 0 Å². The van der Waals surface area contributed by atoms with Gasteiger partial charge < -0.3 is 15.4 Å². The first-order chi connectivity index (χ1) is 7.26. The van der Waals surface area contributed by atoms with Crippen LogP contribution in [-0.2, 0) is 9.53 Å². The van der Waals surface area contributed by atoms with Crippen molar-refractivity contribution in [2.24, 2.45) is 11.7 Å². The zero-order valence-corrected chi connectivity index (χ0v) is 9.32. The topological polar surface area (TPSA) is 55.6 Å². The average Bonchev–Trinajstić information content (AvgIpc) is 2.50. The number of hydrogen-bond acceptors (Lipinski definition) is 3. The van der Waals surface area contributed by atoms with Gasteiger partial charge in [-0.3, -0.25) is 4.79 Å². The van der Waals surface area contributed by atoms with Crippen molar-refractivity contribution in [1.82, 2.24) is 4.90 Å². The molecule has 4 heteroatoms. The number of amides is 1. The highest BCUT2D eigenvalue weighted by molar-refractivity contribution is 5.78. The summed E-state index contributed by atoms with van der Waals surface area (Å²) in [5, 5.41) is 0. The largest absolute Gasteiger partial charge is 0.375 e. The van der Waals surface area contributed by atoms with E-state index in [9.17, 15) is 4.79 Å². The fourth-order valence-corrected chi connectivity index (χ4v) is 3.09. The van der Waals surface area contributed by atoms with Gasteiger partial charge in [-0.2, -0.15) is 0 Å². The molecular weight excluding hydrogens is 192 g/mol. The van der Waals surface area contributed by atoms with Gasteiger partial charge in [-0.1, -0.05) is 0 Å². The molecule has 2 heterocycles. The SMILES string of the molecule is COCC(=O)N1C2CCC1CC(CN)C2. The van der Waals surface area contributed by atoms with Gasteiger partial charge >= 0.3 is 0 Å². The normalized spacial score (nSPS) is 34.5. The van der Waals surface area contributed by atoms with E-state index in [1.165, 1.54) is 0 Å². The van der Waals surface area contributed by atoms with Gasteiger partial charge in [-0.25, -0.2) is 0 Å². The minimum atomic E-state index is 0.153. The minimum Gasteiger partial charge on any atom is -0.375 e. The molecule has 2 bridgehead atoms. The first-order valence-corrected chi connectivity index (χ1v) is 5.76. The van der Waals surface area contributed by atoms with Crippen molar-refractivity contribution >= 4 is 5.91 Å². The van der Waals surface area contributed by atoms with Gasteiger partial charge in [0.05, 0.1) is 0 Å². The lowest BCUT2D eigenvalue weighted by atomic mass is 9.91.